The van der Waals surface area contributed by atoms with E-state index in [9.17, 15) is 5.26 Å². The summed E-state index contributed by atoms with van der Waals surface area (Å²) in [7, 11) is 0. The van der Waals surface area contributed by atoms with E-state index < -0.39 is 0 Å². The Bertz CT molecular complexity index is 791. The fourth-order valence-corrected chi connectivity index (χ4v) is 3.07. The van der Waals surface area contributed by atoms with Crippen LogP contribution in [0.4, 0.5) is 11.8 Å². The fourth-order valence-electron chi connectivity index (χ4n) is 3.07. The third kappa shape index (κ3) is 2.96. The quantitative estimate of drug-likeness (QED) is 0.761. The topological polar surface area (TPSA) is 122 Å². The summed E-state index contributed by atoms with van der Waals surface area (Å²) in [4.78, 5) is 13.3. The second-order valence-electron chi connectivity index (χ2n) is 6.38. The van der Waals surface area contributed by atoms with Crippen molar-refractivity contribution < 1.29 is 4.74 Å². The van der Waals surface area contributed by atoms with Gasteiger partial charge in [0.25, 0.3) is 0 Å². The number of anilines is 2. The number of hydrogen-bond donors (Lipinski definition) is 3. The number of pyridine rings is 1. The molecule has 8 nitrogen and oxygen atoms in total. The Balaban J connectivity index is 1.66. The molecule has 2 fully saturated rings. The lowest BCUT2D eigenvalue weighted by Crippen LogP contribution is -2.44. The van der Waals surface area contributed by atoms with Gasteiger partial charge in [-0.3, -0.25) is 0 Å². The average Bonchev–Trinajstić information content (AvgIpc) is 3.06. The smallest absolute Gasteiger partial charge is 0.223 e. The lowest BCUT2D eigenvalue weighted by atomic mass is 9.88. The van der Waals surface area contributed by atoms with Gasteiger partial charge >= 0.3 is 0 Å². The molecule has 2 aliphatic rings. The van der Waals surface area contributed by atoms with Crippen molar-refractivity contribution in [3.8, 4) is 6.07 Å². The molecule has 0 spiro atoms. The van der Waals surface area contributed by atoms with Crippen LogP contribution in [0.25, 0.3) is 10.9 Å². The molecule has 1 saturated heterocycles. The Hall–Kier alpha value is -2.50. The van der Waals surface area contributed by atoms with Crippen LogP contribution in [0.2, 0.25) is 0 Å². The van der Waals surface area contributed by atoms with E-state index in [1.54, 1.807) is 12.3 Å². The minimum atomic E-state index is 0.186. The summed E-state index contributed by atoms with van der Waals surface area (Å²) in [5.74, 6) is 1.17. The number of nitrogens with zero attached hydrogens (tertiary/aromatic N) is 4. The summed E-state index contributed by atoms with van der Waals surface area (Å²) < 4.78 is 5.39. The molecule has 24 heavy (non-hydrogen) atoms. The van der Waals surface area contributed by atoms with E-state index in [4.69, 9.17) is 10.5 Å². The molecule has 1 saturated carbocycles. The molecule has 1 aliphatic heterocycles. The van der Waals surface area contributed by atoms with Gasteiger partial charge in [-0.1, -0.05) is 0 Å². The molecule has 3 heterocycles. The van der Waals surface area contributed by atoms with Gasteiger partial charge < -0.3 is 21.1 Å². The maximum atomic E-state index is 9.19. The molecule has 0 radical (unpaired) electrons. The van der Waals surface area contributed by atoms with Gasteiger partial charge in [0.15, 0.2) is 5.82 Å². The molecule has 1 aliphatic carbocycles. The van der Waals surface area contributed by atoms with Gasteiger partial charge in [-0.15, -0.1) is 0 Å². The molecule has 0 aromatic carbocycles. The molecule has 4 rings (SSSR count). The van der Waals surface area contributed by atoms with E-state index >= 15 is 0 Å². The van der Waals surface area contributed by atoms with Gasteiger partial charge in [-0.2, -0.15) is 5.26 Å². The van der Waals surface area contributed by atoms with Crippen LogP contribution in [0.1, 0.15) is 25.0 Å². The van der Waals surface area contributed by atoms with Crippen LogP contribution >= 0.6 is 0 Å². The molecular weight excluding hydrogens is 306 g/mol. The van der Waals surface area contributed by atoms with Gasteiger partial charge in [0, 0.05) is 30.3 Å². The maximum Gasteiger partial charge on any atom is 0.223 e. The molecule has 1 atom stereocenters. The van der Waals surface area contributed by atoms with Crippen LogP contribution in [0, 0.1) is 11.3 Å². The first-order chi connectivity index (χ1) is 11.7. The van der Waals surface area contributed by atoms with Crippen molar-refractivity contribution in [1.29, 1.82) is 5.26 Å². The molecular formula is C16H19N7O. The Morgan fingerprint density at radius 3 is 2.83 bits per heavy atom. The zero-order valence-electron chi connectivity index (χ0n) is 13.2. The van der Waals surface area contributed by atoms with Crippen LogP contribution in [-0.4, -0.2) is 46.3 Å². The van der Waals surface area contributed by atoms with E-state index in [0.29, 0.717) is 35.6 Å². The first kappa shape index (κ1) is 15.1. The van der Waals surface area contributed by atoms with Crippen LogP contribution in [0.15, 0.2) is 12.3 Å². The SMILES string of the molecule is N#Cc1cc2cnc(NC3CC(N)C3)nc2c(NC2CCOC2)n1. The van der Waals surface area contributed by atoms with Crippen LogP contribution < -0.4 is 16.4 Å². The molecule has 0 amide bonds. The van der Waals surface area contributed by atoms with Crippen molar-refractivity contribution in [2.75, 3.05) is 23.8 Å². The molecule has 4 N–H and O–H groups in total. The average molecular weight is 325 g/mol. The second-order valence-corrected chi connectivity index (χ2v) is 6.38. The number of hydrogen-bond acceptors (Lipinski definition) is 8. The monoisotopic (exact) mass is 325 g/mol. The highest BCUT2D eigenvalue weighted by atomic mass is 16.5. The van der Waals surface area contributed by atoms with Crippen LogP contribution in [0.3, 0.4) is 0 Å². The largest absolute Gasteiger partial charge is 0.379 e. The number of rotatable bonds is 4. The van der Waals surface area contributed by atoms with Crippen molar-refractivity contribution in [2.24, 2.45) is 5.73 Å². The zero-order chi connectivity index (χ0) is 16.5. The summed E-state index contributed by atoms with van der Waals surface area (Å²) in [6.07, 6.45) is 4.49. The van der Waals surface area contributed by atoms with Gasteiger partial charge in [-0.05, 0) is 25.3 Å². The molecule has 2 aromatic heterocycles. The fraction of sp³-hybridized carbons (Fsp3) is 0.500. The van der Waals surface area contributed by atoms with E-state index in [1.807, 2.05) is 0 Å². The normalized spacial score (nSPS) is 25.9. The molecule has 0 bridgehead atoms. The highest BCUT2D eigenvalue weighted by Gasteiger charge is 2.26. The third-order valence-corrected chi connectivity index (χ3v) is 4.46. The van der Waals surface area contributed by atoms with E-state index in [-0.39, 0.29) is 12.1 Å². The Labute approximate surface area is 139 Å². The van der Waals surface area contributed by atoms with Gasteiger partial charge in [0.2, 0.25) is 5.95 Å². The van der Waals surface area contributed by atoms with Crippen molar-refractivity contribution in [3.63, 3.8) is 0 Å². The minimum Gasteiger partial charge on any atom is -0.379 e. The number of nitriles is 1. The van der Waals surface area contributed by atoms with E-state index in [2.05, 4.69) is 31.7 Å². The van der Waals surface area contributed by atoms with Crippen molar-refractivity contribution >= 4 is 22.7 Å². The second kappa shape index (κ2) is 6.19. The van der Waals surface area contributed by atoms with Crippen molar-refractivity contribution in [1.82, 2.24) is 15.0 Å². The standard InChI is InChI=1S/C16H19N7O/c17-6-13-3-9-7-19-16(22-12-4-10(18)5-12)23-14(9)15(21-13)20-11-1-2-24-8-11/h3,7,10-12H,1-2,4-5,8,18H2,(H,20,21)(H,19,22,23). The Kier molecular flexibility index (Phi) is 3.88. The third-order valence-electron chi connectivity index (χ3n) is 4.46. The summed E-state index contributed by atoms with van der Waals surface area (Å²) in [6.45, 7) is 1.37. The van der Waals surface area contributed by atoms with Gasteiger partial charge in [-0.25, -0.2) is 15.0 Å². The van der Waals surface area contributed by atoms with E-state index in [1.165, 1.54) is 0 Å². The number of ether oxygens (including phenoxy) is 1. The molecule has 124 valence electrons. The maximum absolute atomic E-state index is 9.19. The van der Waals surface area contributed by atoms with E-state index in [0.717, 1.165) is 31.3 Å². The zero-order valence-corrected chi connectivity index (χ0v) is 13.2. The highest BCUT2D eigenvalue weighted by molar-refractivity contribution is 5.89. The van der Waals surface area contributed by atoms with Gasteiger partial charge in [0.05, 0.1) is 12.6 Å². The summed E-state index contributed by atoms with van der Waals surface area (Å²) in [5, 5.41) is 16.6. The molecule has 2 aromatic rings. The Morgan fingerprint density at radius 1 is 1.25 bits per heavy atom. The highest BCUT2D eigenvalue weighted by Crippen LogP contribution is 2.25. The lowest BCUT2D eigenvalue weighted by molar-refractivity contribution is 0.195. The predicted octanol–water partition coefficient (Wildman–Crippen LogP) is 0.999. The first-order valence-electron chi connectivity index (χ1n) is 8.15. The van der Waals surface area contributed by atoms with Crippen molar-refractivity contribution in [2.45, 2.75) is 37.4 Å². The number of nitrogens with one attached hydrogen (secondary N) is 2. The number of aromatic nitrogens is 3. The summed E-state index contributed by atoms with van der Waals surface area (Å²) in [6, 6.07) is 4.56. The number of nitrogens with two attached hydrogens (primary N) is 1. The summed E-state index contributed by atoms with van der Waals surface area (Å²) in [5.41, 5.74) is 6.87. The predicted molar refractivity (Wildman–Crippen MR) is 89.5 cm³/mol. The number of fused-ring (bicyclic) bond motifs is 1. The molecule has 8 heteroatoms. The van der Waals surface area contributed by atoms with Crippen molar-refractivity contribution in [3.05, 3.63) is 18.0 Å². The van der Waals surface area contributed by atoms with Crippen LogP contribution in [0.5, 0.6) is 0 Å². The summed E-state index contributed by atoms with van der Waals surface area (Å²) >= 11 is 0. The Morgan fingerprint density at radius 2 is 2.12 bits per heavy atom. The minimum absolute atomic E-state index is 0.186. The lowest BCUT2D eigenvalue weighted by Gasteiger charge is -2.32. The van der Waals surface area contributed by atoms with Crippen LogP contribution in [-0.2, 0) is 4.74 Å². The van der Waals surface area contributed by atoms with Gasteiger partial charge in [0.1, 0.15) is 17.3 Å². The first-order valence-corrected chi connectivity index (χ1v) is 8.15. The molecule has 1 unspecified atom stereocenters.